The smallest absolute Gasteiger partial charge is 0.162 e. The summed E-state index contributed by atoms with van der Waals surface area (Å²) in [6, 6.07) is 4.28. The predicted molar refractivity (Wildman–Crippen MR) is 80.8 cm³/mol. The highest BCUT2D eigenvalue weighted by atomic mass is 35.5. The van der Waals surface area contributed by atoms with E-state index >= 15 is 0 Å². The predicted octanol–water partition coefficient (Wildman–Crippen LogP) is 3.95. The summed E-state index contributed by atoms with van der Waals surface area (Å²) in [4.78, 5) is 0. The number of nitrogens with one attached hydrogen (secondary N) is 1. The number of ether oxygens (including phenoxy) is 2. The number of hydrogen-bond acceptors (Lipinski definition) is 3. The number of halogens is 1. The molecule has 110 valence electrons. The van der Waals surface area contributed by atoms with Gasteiger partial charge in [-0.3, -0.25) is 0 Å². The van der Waals surface area contributed by atoms with E-state index in [0.29, 0.717) is 6.04 Å². The molecule has 3 rings (SSSR count). The van der Waals surface area contributed by atoms with Crippen LogP contribution < -0.4 is 14.8 Å². The normalized spacial score (nSPS) is 22.6. The van der Waals surface area contributed by atoms with Gasteiger partial charge >= 0.3 is 0 Å². The maximum Gasteiger partial charge on any atom is 0.162 e. The van der Waals surface area contributed by atoms with Crippen LogP contribution in [0.2, 0.25) is 5.02 Å². The second-order valence-electron chi connectivity index (χ2n) is 5.78. The van der Waals surface area contributed by atoms with Crippen LogP contribution in [0.25, 0.3) is 0 Å². The lowest BCUT2D eigenvalue weighted by atomic mass is 9.97. The number of methoxy groups -OCH3 is 1. The highest BCUT2D eigenvalue weighted by Crippen LogP contribution is 2.39. The van der Waals surface area contributed by atoms with Crippen molar-refractivity contribution < 1.29 is 9.47 Å². The third-order valence-electron chi connectivity index (χ3n) is 4.14. The fourth-order valence-electron chi connectivity index (χ4n) is 2.70. The monoisotopic (exact) mass is 295 g/mol. The van der Waals surface area contributed by atoms with Crippen LogP contribution in [0.5, 0.6) is 11.5 Å². The molecule has 0 aromatic heterocycles. The van der Waals surface area contributed by atoms with E-state index < -0.39 is 0 Å². The van der Waals surface area contributed by atoms with Crippen molar-refractivity contribution >= 4 is 11.6 Å². The lowest BCUT2D eigenvalue weighted by molar-refractivity contribution is 0.280. The molecule has 1 heterocycles. The van der Waals surface area contributed by atoms with E-state index in [-0.39, 0.29) is 0 Å². The lowest BCUT2D eigenvalue weighted by Crippen LogP contribution is -2.27. The first kappa shape index (κ1) is 14.0. The highest BCUT2D eigenvalue weighted by Gasteiger charge is 2.24. The minimum absolute atomic E-state index is 0.336. The Morgan fingerprint density at radius 2 is 2.05 bits per heavy atom. The van der Waals surface area contributed by atoms with E-state index in [4.69, 9.17) is 21.1 Å². The van der Waals surface area contributed by atoms with E-state index in [0.717, 1.165) is 47.6 Å². The van der Waals surface area contributed by atoms with Crippen molar-refractivity contribution in [1.29, 1.82) is 0 Å². The van der Waals surface area contributed by atoms with E-state index in [2.05, 4.69) is 5.32 Å². The molecule has 4 heteroatoms. The standard InChI is InChI=1S/C16H22ClNO2/c1-19-15-8-12(14-4-2-3-7-18-14)13(17)9-16(15)20-10-11-5-6-11/h8-9,11,14,18H,2-7,10H2,1H3. The fourth-order valence-corrected chi connectivity index (χ4v) is 2.99. The minimum atomic E-state index is 0.336. The summed E-state index contributed by atoms with van der Waals surface area (Å²) in [5, 5.41) is 4.30. The van der Waals surface area contributed by atoms with Gasteiger partial charge in [-0.25, -0.2) is 0 Å². The summed E-state index contributed by atoms with van der Waals surface area (Å²) in [6.45, 7) is 1.83. The third kappa shape index (κ3) is 3.21. The second-order valence-corrected chi connectivity index (χ2v) is 6.19. The molecule has 1 aliphatic heterocycles. The molecular formula is C16H22ClNO2. The van der Waals surface area contributed by atoms with Crippen LogP contribution >= 0.6 is 11.6 Å². The maximum absolute atomic E-state index is 6.45. The molecule has 1 aromatic rings. The van der Waals surface area contributed by atoms with Crippen LogP contribution in [0.15, 0.2) is 12.1 Å². The Morgan fingerprint density at radius 1 is 1.20 bits per heavy atom. The number of piperidine rings is 1. The summed E-state index contributed by atoms with van der Waals surface area (Å²) in [7, 11) is 1.69. The molecule has 20 heavy (non-hydrogen) atoms. The van der Waals surface area contributed by atoms with Gasteiger partial charge in [0, 0.05) is 17.1 Å². The summed E-state index contributed by atoms with van der Waals surface area (Å²) in [6.07, 6.45) is 6.18. The molecule has 0 bridgehead atoms. The van der Waals surface area contributed by atoms with Gasteiger partial charge in [0.25, 0.3) is 0 Å². The summed E-state index contributed by atoms with van der Waals surface area (Å²) in [5.74, 6) is 2.28. The average molecular weight is 296 g/mol. The molecule has 1 unspecified atom stereocenters. The second kappa shape index (κ2) is 6.23. The van der Waals surface area contributed by atoms with Crippen LogP contribution in [0.1, 0.15) is 43.7 Å². The molecule has 2 fully saturated rings. The Kier molecular flexibility index (Phi) is 4.37. The molecule has 1 aliphatic carbocycles. The maximum atomic E-state index is 6.45. The van der Waals surface area contributed by atoms with Gasteiger partial charge in [0.1, 0.15) is 0 Å². The highest BCUT2D eigenvalue weighted by molar-refractivity contribution is 6.31. The first-order chi connectivity index (χ1) is 9.78. The lowest BCUT2D eigenvalue weighted by Gasteiger charge is -2.25. The van der Waals surface area contributed by atoms with E-state index in [9.17, 15) is 0 Å². The zero-order valence-corrected chi connectivity index (χ0v) is 12.7. The van der Waals surface area contributed by atoms with Crippen LogP contribution in [-0.2, 0) is 0 Å². The minimum Gasteiger partial charge on any atom is -0.493 e. The van der Waals surface area contributed by atoms with Crippen LogP contribution in [0.4, 0.5) is 0 Å². The van der Waals surface area contributed by atoms with Gasteiger partial charge in [0.15, 0.2) is 11.5 Å². The summed E-state index contributed by atoms with van der Waals surface area (Å²) < 4.78 is 11.3. The Balaban J connectivity index is 1.79. The molecule has 2 aliphatic rings. The molecule has 1 saturated carbocycles. The van der Waals surface area contributed by atoms with Gasteiger partial charge in [-0.1, -0.05) is 18.0 Å². The molecular weight excluding hydrogens is 274 g/mol. The van der Waals surface area contributed by atoms with E-state index in [1.807, 2.05) is 12.1 Å². The van der Waals surface area contributed by atoms with Gasteiger partial charge in [0.2, 0.25) is 0 Å². The first-order valence-corrected chi connectivity index (χ1v) is 7.89. The van der Waals surface area contributed by atoms with Gasteiger partial charge in [0.05, 0.1) is 13.7 Å². The van der Waals surface area contributed by atoms with Gasteiger partial charge in [-0.15, -0.1) is 0 Å². The van der Waals surface area contributed by atoms with E-state index in [1.165, 1.54) is 25.7 Å². The van der Waals surface area contributed by atoms with Crippen molar-refractivity contribution in [3.8, 4) is 11.5 Å². The topological polar surface area (TPSA) is 30.5 Å². The number of hydrogen-bond donors (Lipinski definition) is 1. The Hall–Kier alpha value is -0.930. The third-order valence-corrected chi connectivity index (χ3v) is 4.47. The Bertz CT molecular complexity index is 468. The van der Waals surface area contributed by atoms with Crippen molar-refractivity contribution in [2.75, 3.05) is 20.3 Å². The van der Waals surface area contributed by atoms with Crippen LogP contribution in [0, 0.1) is 5.92 Å². The van der Waals surface area contributed by atoms with Crippen molar-refractivity contribution in [3.63, 3.8) is 0 Å². The molecule has 1 atom stereocenters. The quantitative estimate of drug-likeness (QED) is 0.892. The molecule has 1 N–H and O–H groups in total. The van der Waals surface area contributed by atoms with Crippen LogP contribution in [0.3, 0.4) is 0 Å². The fraction of sp³-hybridized carbons (Fsp3) is 0.625. The number of benzene rings is 1. The Labute approximate surface area is 125 Å². The van der Waals surface area contributed by atoms with Crippen molar-refractivity contribution in [1.82, 2.24) is 5.32 Å². The first-order valence-electron chi connectivity index (χ1n) is 7.51. The Morgan fingerprint density at radius 3 is 2.70 bits per heavy atom. The van der Waals surface area contributed by atoms with Crippen molar-refractivity contribution in [3.05, 3.63) is 22.7 Å². The molecule has 0 amide bonds. The van der Waals surface area contributed by atoms with Gasteiger partial charge < -0.3 is 14.8 Å². The summed E-state index contributed by atoms with van der Waals surface area (Å²) in [5.41, 5.74) is 1.13. The van der Waals surface area contributed by atoms with Gasteiger partial charge in [-0.2, -0.15) is 0 Å². The van der Waals surface area contributed by atoms with Crippen molar-refractivity contribution in [2.45, 2.75) is 38.1 Å². The average Bonchev–Trinajstić information content (AvgIpc) is 3.30. The van der Waals surface area contributed by atoms with Crippen molar-refractivity contribution in [2.24, 2.45) is 5.92 Å². The zero-order valence-electron chi connectivity index (χ0n) is 12.0. The molecule has 0 spiro atoms. The molecule has 1 saturated heterocycles. The zero-order chi connectivity index (χ0) is 13.9. The van der Waals surface area contributed by atoms with Crippen LogP contribution in [-0.4, -0.2) is 20.3 Å². The van der Waals surface area contributed by atoms with Gasteiger partial charge in [-0.05, 0) is 49.8 Å². The van der Waals surface area contributed by atoms with E-state index in [1.54, 1.807) is 7.11 Å². The summed E-state index contributed by atoms with van der Waals surface area (Å²) >= 11 is 6.45. The molecule has 1 aromatic carbocycles. The SMILES string of the molecule is COc1cc(C2CCCCN2)c(Cl)cc1OCC1CC1. The number of rotatable bonds is 5. The largest absolute Gasteiger partial charge is 0.493 e. The molecule has 0 radical (unpaired) electrons. The molecule has 3 nitrogen and oxygen atoms in total.